The van der Waals surface area contributed by atoms with Crippen LogP contribution in [0, 0.1) is 11.8 Å². The number of thioether (sulfide) groups is 1. The molecule has 5 heteroatoms. The van der Waals surface area contributed by atoms with Gasteiger partial charge in [0.05, 0.1) is 0 Å². The van der Waals surface area contributed by atoms with Crippen molar-refractivity contribution in [2.75, 3.05) is 19.3 Å². The molecule has 2 fully saturated rings. The summed E-state index contributed by atoms with van der Waals surface area (Å²) in [6.07, 6.45) is 10.4. The standard InChI is InChI=1S/C22H32N2O2S/c1-27-20-9-7-18(8-10-20)16-23-21(25)15-17-11-13-24(14-12-17)22(26)19-5-3-2-4-6-19/h7-10,17,19H,2-6,11-16H2,1H3,(H,23,25). The fourth-order valence-electron chi connectivity index (χ4n) is 4.24. The van der Waals surface area contributed by atoms with E-state index in [-0.39, 0.29) is 11.8 Å². The minimum absolute atomic E-state index is 0.126. The molecule has 2 amide bonds. The van der Waals surface area contributed by atoms with Crippen molar-refractivity contribution >= 4 is 23.6 Å². The van der Waals surface area contributed by atoms with E-state index >= 15 is 0 Å². The van der Waals surface area contributed by atoms with E-state index in [0.29, 0.717) is 24.8 Å². The number of carbonyl (C=O) groups is 2. The normalized spacial score (nSPS) is 19.1. The summed E-state index contributed by atoms with van der Waals surface area (Å²) in [5.74, 6) is 1.16. The Labute approximate surface area is 167 Å². The van der Waals surface area contributed by atoms with Crippen LogP contribution in [-0.2, 0) is 16.1 Å². The molecule has 1 saturated heterocycles. The maximum atomic E-state index is 12.6. The first-order valence-electron chi connectivity index (χ1n) is 10.3. The second-order valence-electron chi connectivity index (χ2n) is 7.93. The van der Waals surface area contributed by atoms with Crippen molar-refractivity contribution in [1.29, 1.82) is 0 Å². The molecule has 1 aliphatic heterocycles. The van der Waals surface area contributed by atoms with Gasteiger partial charge in [-0.15, -0.1) is 11.8 Å². The van der Waals surface area contributed by atoms with E-state index in [1.54, 1.807) is 11.8 Å². The van der Waals surface area contributed by atoms with Gasteiger partial charge in [0, 0.05) is 36.9 Å². The van der Waals surface area contributed by atoms with E-state index in [1.165, 1.54) is 24.2 Å². The van der Waals surface area contributed by atoms with Gasteiger partial charge in [0.2, 0.25) is 11.8 Å². The number of likely N-dealkylation sites (tertiary alicyclic amines) is 1. The third-order valence-electron chi connectivity index (χ3n) is 6.00. The SMILES string of the molecule is CSc1ccc(CNC(=O)CC2CCN(C(=O)C3CCCCC3)CC2)cc1. The van der Waals surface area contributed by atoms with Crippen molar-refractivity contribution in [2.45, 2.75) is 62.8 Å². The Bertz CT molecular complexity index is 618. The molecule has 0 atom stereocenters. The van der Waals surface area contributed by atoms with Crippen molar-refractivity contribution in [3.63, 3.8) is 0 Å². The molecule has 3 rings (SSSR count). The zero-order valence-corrected chi connectivity index (χ0v) is 17.2. The Morgan fingerprint density at radius 2 is 1.70 bits per heavy atom. The van der Waals surface area contributed by atoms with E-state index < -0.39 is 0 Å². The molecule has 1 aliphatic carbocycles. The molecule has 1 heterocycles. The van der Waals surface area contributed by atoms with E-state index in [0.717, 1.165) is 44.3 Å². The first kappa shape index (κ1) is 20.2. The Morgan fingerprint density at radius 1 is 1.04 bits per heavy atom. The highest BCUT2D eigenvalue weighted by atomic mass is 32.2. The van der Waals surface area contributed by atoms with Crippen LogP contribution in [0.2, 0.25) is 0 Å². The van der Waals surface area contributed by atoms with Crippen LogP contribution < -0.4 is 5.32 Å². The predicted molar refractivity (Wildman–Crippen MR) is 111 cm³/mol. The molecule has 0 unspecified atom stereocenters. The maximum Gasteiger partial charge on any atom is 0.225 e. The summed E-state index contributed by atoms with van der Waals surface area (Å²) in [6.45, 7) is 2.24. The molecule has 1 aromatic carbocycles. The van der Waals surface area contributed by atoms with E-state index in [2.05, 4.69) is 40.7 Å². The maximum absolute atomic E-state index is 12.6. The number of benzene rings is 1. The highest BCUT2D eigenvalue weighted by Crippen LogP contribution is 2.28. The van der Waals surface area contributed by atoms with Crippen LogP contribution >= 0.6 is 11.8 Å². The predicted octanol–water partition coefficient (Wildman–Crippen LogP) is 4.23. The summed E-state index contributed by atoms with van der Waals surface area (Å²) in [7, 11) is 0. The summed E-state index contributed by atoms with van der Waals surface area (Å²) < 4.78 is 0. The highest BCUT2D eigenvalue weighted by molar-refractivity contribution is 7.98. The number of hydrogen-bond acceptors (Lipinski definition) is 3. The Balaban J connectivity index is 1.36. The van der Waals surface area contributed by atoms with Crippen molar-refractivity contribution in [2.24, 2.45) is 11.8 Å². The summed E-state index contributed by atoms with van der Waals surface area (Å²) in [5, 5.41) is 3.04. The van der Waals surface area contributed by atoms with Gasteiger partial charge in [0.25, 0.3) is 0 Å². The third-order valence-corrected chi connectivity index (χ3v) is 6.75. The molecule has 4 nitrogen and oxygen atoms in total. The molecular weight excluding hydrogens is 356 g/mol. The van der Waals surface area contributed by atoms with Crippen LogP contribution in [0.5, 0.6) is 0 Å². The van der Waals surface area contributed by atoms with Gasteiger partial charge in [0.1, 0.15) is 0 Å². The van der Waals surface area contributed by atoms with Crippen LogP contribution in [0.25, 0.3) is 0 Å². The Hall–Kier alpha value is -1.49. The average Bonchev–Trinajstić information content (AvgIpc) is 2.73. The smallest absolute Gasteiger partial charge is 0.225 e. The van der Waals surface area contributed by atoms with Gasteiger partial charge in [-0.2, -0.15) is 0 Å². The number of nitrogens with zero attached hydrogens (tertiary/aromatic N) is 1. The molecule has 1 N–H and O–H groups in total. The minimum Gasteiger partial charge on any atom is -0.352 e. The summed E-state index contributed by atoms with van der Waals surface area (Å²) >= 11 is 1.72. The van der Waals surface area contributed by atoms with Crippen LogP contribution in [-0.4, -0.2) is 36.1 Å². The second-order valence-corrected chi connectivity index (χ2v) is 8.81. The fraction of sp³-hybridized carbons (Fsp3) is 0.636. The molecule has 2 aliphatic rings. The minimum atomic E-state index is 0.126. The number of nitrogens with one attached hydrogen (secondary N) is 1. The highest BCUT2D eigenvalue weighted by Gasteiger charge is 2.29. The van der Waals surface area contributed by atoms with Crippen molar-refractivity contribution in [1.82, 2.24) is 10.2 Å². The fourth-order valence-corrected chi connectivity index (χ4v) is 4.65. The number of rotatable bonds is 6. The van der Waals surface area contributed by atoms with Gasteiger partial charge in [-0.05, 0) is 55.6 Å². The van der Waals surface area contributed by atoms with Crippen LogP contribution in [0.3, 0.4) is 0 Å². The molecule has 0 aromatic heterocycles. The zero-order valence-electron chi connectivity index (χ0n) is 16.4. The second kappa shape index (κ2) is 10.2. The van der Waals surface area contributed by atoms with Gasteiger partial charge in [0.15, 0.2) is 0 Å². The van der Waals surface area contributed by atoms with Gasteiger partial charge in [-0.25, -0.2) is 0 Å². The third kappa shape index (κ3) is 6.00. The molecule has 0 radical (unpaired) electrons. The monoisotopic (exact) mass is 388 g/mol. The number of amides is 2. The van der Waals surface area contributed by atoms with Crippen LogP contribution in [0.15, 0.2) is 29.2 Å². The lowest BCUT2D eigenvalue weighted by atomic mass is 9.87. The quantitative estimate of drug-likeness (QED) is 0.742. The lowest BCUT2D eigenvalue weighted by molar-refractivity contribution is -0.138. The summed E-state index contributed by atoms with van der Waals surface area (Å²) in [4.78, 5) is 28.2. The Morgan fingerprint density at radius 3 is 2.33 bits per heavy atom. The van der Waals surface area contributed by atoms with Gasteiger partial charge < -0.3 is 10.2 Å². The van der Waals surface area contributed by atoms with Gasteiger partial charge >= 0.3 is 0 Å². The summed E-state index contributed by atoms with van der Waals surface area (Å²) in [6, 6.07) is 8.32. The Kier molecular flexibility index (Phi) is 7.62. The zero-order chi connectivity index (χ0) is 19.1. The number of piperidine rings is 1. The van der Waals surface area contributed by atoms with Crippen molar-refractivity contribution in [3.05, 3.63) is 29.8 Å². The van der Waals surface area contributed by atoms with Gasteiger partial charge in [-0.3, -0.25) is 9.59 Å². The molecule has 1 saturated carbocycles. The largest absolute Gasteiger partial charge is 0.352 e. The van der Waals surface area contributed by atoms with E-state index in [9.17, 15) is 9.59 Å². The topological polar surface area (TPSA) is 49.4 Å². The van der Waals surface area contributed by atoms with Crippen molar-refractivity contribution < 1.29 is 9.59 Å². The molecule has 1 aromatic rings. The average molecular weight is 389 g/mol. The van der Waals surface area contributed by atoms with Gasteiger partial charge in [-0.1, -0.05) is 31.4 Å². The number of hydrogen-bond donors (Lipinski definition) is 1. The molecular formula is C22H32N2O2S. The summed E-state index contributed by atoms with van der Waals surface area (Å²) in [5.41, 5.74) is 1.13. The van der Waals surface area contributed by atoms with E-state index in [1.807, 2.05) is 0 Å². The lowest BCUT2D eigenvalue weighted by Crippen LogP contribution is -2.43. The number of carbonyl (C=O) groups excluding carboxylic acids is 2. The van der Waals surface area contributed by atoms with Crippen molar-refractivity contribution in [3.8, 4) is 0 Å². The molecule has 0 bridgehead atoms. The first-order chi connectivity index (χ1) is 13.2. The molecule has 148 valence electrons. The lowest BCUT2D eigenvalue weighted by Gasteiger charge is -2.35. The van der Waals surface area contributed by atoms with Crippen LogP contribution in [0.4, 0.5) is 0 Å². The first-order valence-corrected chi connectivity index (χ1v) is 11.6. The van der Waals surface area contributed by atoms with E-state index in [4.69, 9.17) is 0 Å². The molecule has 0 spiro atoms. The molecule has 27 heavy (non-hydrogen) atoms. The van der Waals surface area contributed by atoms with Crippen LogP contribution in [0.1, 0.15) is 56.9 Å².